The topological polar surface area (TPSA) is 32.7 Å². The lowest BCUT2D eigenvalue weighted by Gasteiger charge is -2.15. The Bertz CT molecular complexity index is 1340. The van der Waals surface area contributed by atoms with Gasteiger partial charge in [0.25, 0.3) is 0 Å². The highest BCUT2D eigenvalue weighted by molar-refractivity contribution is 7.20. The number of ether oxygens (including phenoxy) is 1. The number of aromatic hydroxyl groups is 1. The highest BCUT2D eigenvalue weighted by Crippen LogP contribution is 2.46. The molecule has 0 amide bonds. The van der Waals surface area contributed by atoms with Crippen molar-refractivity contribution >= 4 is 27.0 Å². The van der Waals surface area contributed by atoms with Crippen LogP contribution < -0.4 is 4.74 Å². The Morgan fingerprint density at radius 1 is 1.08 bits per heavy atom. The number of fused-ring (bicyclic) bond motifs is 1. The van der Waals surface area contributed by atoms with Crippen molar-refractivity contribution in [2.45, 2.75) is 47.0 Å². The summed E-state index contributed by atoms with van der Waals surface area (Å²) in [6, 6.07) is 22.2. The number of hydrogen-bond donors (Lipinski definition) is 1. The number of aryl methyl sites for hydroxylation is 2. The minimum atomic E-state index is 0.256. The van der Waals surface area contributed by atoms with E-state index in [9.17, 15) is 5.11 Å². The minimum Gasteiger partial charge on any atom is -0.508 e. The molecule has 0 saturated carbocycles. The smallest absolute Gasteiger partial charge is 0.153 e. The second-order valence-electron chi connectivity index (χ2n) is 9.78. The van der Waals surface area contributed by atoms with Crippen LogP contribution in [0, 0.1) is 12.8 Å². The van der Waals surface area contributed by atoms with Crippen LogP contribution in [0.15, 0.2) is 73.3 Å². The van der Waals surface area contributed by atoms with E-state index in [0.29, 0.717) is 0 Å². The first-order valence-corrected chi connectivity index (χ1v) is 14.3. The highest BCUT2D eigenvalue weighted by Gasteiger charge is 2.20. The maximum absolute atomic E-state index is 10.0. The Morgan fingerprint density at radius 3 is 2.54 bits per heavy atom. The zero-order chi connectivity index (χ0) is 26.4. The molecule has 3 aromatic carbocycles. The summed E-state index contributed by atoms with van der Waals surface area (Å²) in [6.07, 6.45) is 3.61. The van der Waals surface area contributed by atoms with Crippen molar-refractivity contribution in [3.8, 4) is 17.2 Å². The van der Waals surface area contributed by atoms with Crippen LogP contribution in [0.2, 0.25) is 0 Å². The molecule has 1 aliphatic rings. The number of benzene rings is 3. The molecule has 1 atom stereocenters. The normalized spacial score (nSPS) is 15.4. The lowest BCUT2D eigenvalue weighted by molar-refractivity contribution is 0.323. The van der Waals surface area contributed by atoms with Crippen LogP contribution in [0.3, 0.4) is 0 Å². The summed E-state index contributed by atoms with van der Waals surface area (Å²) in [5.41, 5.74) is 4.56. The van der Waals surface area contributed by atoms with Gasteiger partial charge in [-0.15, -0.1) is 11.3 Å². The summed E-state index contributed by atoms with van der Waals surface area (Å²) in [5.74, 6) is 2.71. The number of thiophene rings is 1. The highest BCUT2D eigenvalue weighted by atomic mass is 32.1. The quantitative estimate of drug-likeness (QED) is 0.255. The van der Waals surface area contributed by atoms with Crippen molar-refractivity contribution < 1.29 is 9.84 Å². The summed E-state index contributed by atoms with van der Waals surface area (Å²) in [6.45, 7) is 16.5. The molecule has 1 fully saturated rings. The number of nitrogens with zero attached hydrogens (tertiary/aromatic N) is 1. The molecule has 194 valence electrons. The third-order valence-electron chi connectivity index (χ3n) is 6.96. The fourth-order valence-corrected chi connectivity index (χ4v) is 6.12. The molecule has 1 aromatic heterocycles. The van der Waals surface area contributed by atoms with Crippen molar-refractivity contribution in [3.05, 3.63) is 94.9 Å². The van der Waals surface area contributed by atoms with E-state index in [4.69, 9.17) is 4.74 Å². The largest absolute Gasteiger partial charge is 0.508 e. The van der Waals surface area contributed by atoms with E-state index in [0.717, 1.165) is 49.9 Å². The van der Waals surface area contributed by atoms with E-state index in [-0.39, 0.29) is 5.75 Å². The first-order chi connectivity index (χ1) is 18.0. The Hall–Kier alpha value is -3.08. The maximum atomic E-state index is 10.0. The summed E-state index contributed by atoms with van der Waals surface area (Å²) in [7, 11) is 0. The molecule has 0 aliphatic carbocycles. The number of phenolic OH excluding ortho intramolecular Hbond substituents is 1. The van der Waals surface area contributed by atoms with Crippen molar-refractivity contribution in [2.24, 2.45) is 5.92 Å². The van der Waals surface area contributed by atoms with Gasteiger partial charge in [-0.3, -0.25) is 0 Å². The second-order valence-corrected chi connectivity index (χ2v) is 10.8. The molecule has 37 heavy (non-hydrogen) atoms. The van der Waals surface area contributed by atoms with E-state index in [1.807, 2.05) is 32.0 Å². The first kappa shape index (κ1) is 27.0. The van der Waals surface area contributed by atoms with Crippen LogP contribution in [0.1, 0.15) is 55.2 Å². The Kier molecular flexibility index (Phi) is 9.07. The maximum Gasteiger partial charge on any atom is 0.153 e. The van der Waals surface area contributed by atoms with Gasteiger partial charge in [-0.25, -0.2) is 0 Å². The predicted molar refractivity (Wildman–Crippen MR) is 159 cm³/mol. The van der Waals surface area contributed by atoms with Crippen molar-refractivity contribution in [1.82, 2.24) is 4.90 Å². The van der Waals surface area contributed by atoms with Gasteiger partial charge in [0, 0.05) is 16.6 Å². The van der Waals surface area contributed by atoms with Gasteiger partial charge in [0.15, 0.2) is 5.75 Å². The lowest BCUT2D eigenvalue weighted by atomic mass is 10.00. The Balaban J connectivity index is 0.00000156. The van der Waals surface area contributed by atoms with Gasteiger partial charge in [-0.05, 0) is 97.8 Å². The molecule has 2 heterocycles. The summed E-state index contributed by atoms with van der Waals surface area (Å²) in [5, 5.41) is 11.0. The first-order valence-electron chi connectivity index (χ1n) is 13.5. The molecule has 1 saturated heterocycles. The van der Waals surface area contributed by atoms with Gasteiger partial charge >= 0.3 is 0 Å². The fraction of sp³-hybridized carbons (Fsp3) is 0.333. The van der Waals surface area contributed by atoms with Crippen molar-refractivity contribution in [3.63, 3.8) is 0 Å². The summed E-state index contributed by atoms with van der Waals surface area (Å²) in [4.78, 5) is 3.58. The monoisotopic (exact) mass is 513 g/mol. The van der Waals surface area contributed by atoms with E-state index < -0.39 is 0 Å². The van der Waals surface area contributed by atoms with E-state index in [1.54, 1.807) is 23.5 Å². The van der Waals surface area contributed by atoms with Crippen LogP contribution in [-0.4, -0.2) is 29.6 Å². The van der Waals surface area contributed by atoms with Crippen LogP contribution in [0.25, 0.3) is 15.7 Å². The molecule has 1 aliphatic heterocycles. The molecule has 0 bridgehead atoms. The van der Waals surface area contributed by atoms with Gasteiger partial charge in [0.05, 0.1) is 4.88 Å². The molecule has 1 unspecified atom stereocenters. The number of rotatable bonds is 8. The van der Waals surface area contributed by atoms with E-state index >= 15 is 0 Å². The molecule has 4 aromatic rings. The number of phenols is 1. The van der Waals surface area contributed by atoms with Crippen molar-refractivity contribution in [2.75, 3.05) is 19.6 Å². The average Bonchev–Trinajstić information content (AvgIpc) is 3.48. The average molecular weight is 514 g/mol. The van der Waals surface area contributed by atoms with Crippen LogP contribution >= 0.6 is 11.3 Å². The third-order valence-corrected chi connectivity index (χ3v) is 8.16. The second kappa shape index (κ2) is 12.4. The third kappa shape index (κ3) is 6.44. The zero-order valence-electron chi connectivity index (χ0n) is 22.6. The van der Waals surface area contributed by atoms with E-state index in [1.165, 1.54) is 43.6 Å². The molecular weight excluding hydrogens is 474 g/mol. The zero-order valence-corrected chi connectivity index (χ0v) is 23.4. The molecule has 4 heteroatoms. The Labute approximate surface area is 226 Å². The van der Waals surface area contributed by atoms with E-state index in [2.05, 4.69) is 61.7 Å². The molecule has 5 rings (SSSR count). The molecule has 3 nitrogen and oxygen atoms in total. The minimum absolute atomic E-state index is 0.256. The predicted octanol–water partition coefficient (Wildman–Crippen LogP) is 9.07. The van der Waals surface area contributed by atoms with Crippen LogP contribution in [-0.2, 0) is 6.42 Å². The SMILES string of the molecule is C=C(c1ccccc1C)c1sc2cc(O)ccc2c1Oc1ccc(CCCN2CCC(C)C2)cc1.CC. The number of likely N-dealkylation sites (tertiary alicyclic amines) is 1. The lowest BCUT2D eigenvalue weighted by Crippen LogP contribution is -2.21. The molecule has 0 spiro atoms. The number of hydrogen-bond acceptors (Lipinski definition) is 4. The van der Waals surface area contributed by atoms with Gasteiger partial charge in [0.2, 0.25) is 0 Å². The molecular formula is C33H39NO2S. The van der Waals surface area contributed by atoms with Gasteiger partial charge in [0.1, 0.15) is 11.5 Å². The van der Waals surface area contributed by atoms with Crippen LogP contribution in [0.4, 0.5) is 0 Å². The standard InChI is InChI=1S/C31H33NO2S.C2H6/c1-21-16-18-32(20-21)17-6-8-24-10-13-26(14-11-24)34-30-28-15-12-25(33)19-29(28)35-31(30)23(3)27-9-5-4-7-22(27)2;1-2/h4-5,7,9-15,19,21,33H,3,6,8,16-18,20H2,1-2H3;1-2H3. The van der Waals surface area contributed by atoms with Gasteiger partial charge < -0.3 is 14.7 Å². The van der Waals surface area contributed by atoms with Crippen molar-refractivity contribution in [1.29, 1.82) is 0 Å². The van der Waals surface area contributed by atoms with Gasteiger partial charge in [-0.1, -0.05) is 63.7 Å². The summed E-state index contributed by atoms with van der Waals surface area (Å²) < 4.78 is 7.48. The van der Waals surface area contributed by atoms with Crippen LogP contribution in [0.5, 0.6) is 17.2 Å². The summed E-state index contributed by atoms with van der Waals surface area (Å²) >= 11 is 1.61. The fourth-order valence-electron chi connectivity index (χ4n) is 4.97. The van der Waals surface area contributed by atoms with Gasteiger partial charge in [-0.2, -0.15) is 0 Å². The molecule has 1 N–H and O–H groups in total. The molecule has 0 radical (unpaired) electrons. The Morgan fingerprint density at radius 2 is 1.84 bits per heavy atom.